The number of benzene rings is 1. The zero-order chi connectivity index (χ0) is 13.9. The molecule has 0 N–H and O–H groups in total. The molecule has 0 aliphatic carbocycles. The molecule has 4 heteroatoms. The molecule has 4 nitrogen and oxygen atoms in total. The molecule has 2 aliphatic rings. The van der Waals surface area contributed by atoms with E-state index in [-0.39, 0.29) is 11.9 Å². The van der Waals surface area contributed by atoms with Crippen molar-refractivity contribution in [1.82, 2.24) is 4.57 Å². The largest absolute Gasteiger partial charge is 0.497 e. The van der Waals surface area contributed by atoms with Gasteiger partial charge in [0.05, 0.1) is 24.5 Å². The highest BCUT2D eigenvalue weighted by molar-refractivity contribution is 6.03. The quantitative estimate of drug-likeness (QED) is 0.797. The molecule has 1 aromatic carbocycles. The van der Waals surface area contributed by atoms with Gasteiger partial charge in [0.2, 0.25) is 5.91 Å². The van der Waals surface area contributed by atoms with Crippen LogP contribution in [0.25, 0.3) is 11.3 Å². The van der Waals surface area contributed by atoms with Gasteiger partial charge in [-0.15, -0.1) is 0 Å². The fraction of sp³-hybridized carbons (Fsp3) is 0.312. The van der Waals surface area contributed by atoms with Gasteiger partial charge in [0.15, 0.2) is 0 Å². The van der Waals surface area contributed by atoms with E-state index < -0.39 is 0 Å². The first-order valence-corrected chi connectivity index (χ1v) is 6.86. The summed E-state index contributed by atoms with van der Waals surface area (Å²) in [5.41, 5.74) is 4.57. The molecule has 20 heavy (non-hydrogen) atoms. The first kappa shape index (κ1) is 11.6. The number of carbonyl (C=O) groups excluding carboxylic acids is 1. The third-order valence-electron chi connectivity index (χ3n) is 4.39. The molecule has 0 bridgehead atoms. The Bertz CT molecular complexity index is 717. The fourth-order valence-corrected chi connectivity index (χ4v) is 3.48. The highest BCUT2D eigenvalue weighted by Crippen LogP contribution is 2.50. The summed E-state index contributed by atoms with van der Waals surface area (Å²) < 4.78 is 7.46. The second-order valence-electron chi connectivity index (χ2n) is 5.43. The van der Waals surface area contributed by atoms with Crippen LogP contribution in [0, 0.1) is 0 Å². The molecule has 2 aliphatic heterocycles. The van der Waals surface area contributed by atoms with E-state index in [1.807, 2.05) is 17.0 Å². The molecule has 0 radical (unpaired) electrons. The Morgan fingerprint density at radius 3 is 2.95 bits per heavy atom. The predicted octanol–water partition coefficient (Wildman–Crippen LogP) is 2.88. The summed E-state index contributed by atoms with van der Waals surface area (Å²) in [5.74, 6) is 0.999. The van der Waals surface area contributed by atoms with Gasteiger partial charge in [0, 0.05) is 36.9 Å². The maximum atomic E-state index is 12.3. The standard InChI is InChI=1S/C16H16N2O2/c1-17-8-7-12-13-5-6-15(19)18(13)14-9-10(20-2)3-4-11(14)16(12)17/h3-4,7-9,13H,5-6H2,1-2H3/t13-/m1/s1. The summed E-state index contributed by atoms with van der Waals surface area (Å²) in [7, 11) is 3.71. The number of nitrogens with zero attached hydrogens (tertiary/aromatic N) is 2. The minimum Gasteiger partial charge on any atom is -0.497 e. The van der Waals surface area contributed by atoms with Crippen LogP contribution in [0.4, 0.5) is 5.69 Å². The Hall–Kier alpha value is -2.23. The highest BCUT2D eigenvalue weighted by Gasteiger charge is 2.40. The molecule has 102 valence electrons. The molecule has 1 amide bonds. The van der Waals surface area contributed by atoms with Crippen molar-refractivity contribution in [2.45, 2.75) is 18.9 Å². The van der Waals surface area contributed by atoms with Gasteiger partial charge in [-0.25, -0.2) is 0 Å². The molecule has 0 saturated carbocycles. The Balaban J connectivity index is 2.03. The summed E-state index contributed by atoms with van der Waals surface area (Å²) in [6.07, 6.45) is 3.59. The third kappa shape index (κ3) is 1.33. The molecule has 0 unspecified atom stereocenters. The SMILES string of the molecule is COc1ccc2c(c1)N1C(=O)CC[C@@H]1c1ccn(C)c1-2. The van der Waals surface area contributed by atoms with Crippen molar-refractivity contribution >= 4 is 11.6 Å². The average Bonchev–Trinajstić information content (AvgIpc) is 3.03. The van der Waals surface area contributed by atoms with Crippen LogP contribution in [-0.2, 0) is 11.8 Å². The summed E-state index contributed by atoms with van der Waals surface area (Å²) in [6, 6.07) is 8.30. The minimum atomic E-state index is 0.179. The van der Waals surface area contributed by atoms with E-state index in [0.29, 0.717) is 6.42 Å². The number of rotatable bonds is 1. The average molecular weight is 268 g/mol. The number of hydrogen-bond donors (Lipinski definition) is 0. The summed E-state index contributed by atoms with van der Waals surface area (Å²) >= 11 is 0. The van der Waals surface area contributed by atoms with Crippen LogP contribution in [0.15, 0.2) is 30.5 Å². The van der Waals surface area contributed by atoms with Crippen molar-refractivity contribution in [2.75, 3.05) is 12.0 Å². The monoisotopic (exact) mass is 268 g/mol. The number of ether oxygens (including phenoxy) is 1. The van der Waals surface area contributed by atoms with Crippen LogP contribution in [0.2, 0.25) is 0 Å². The third-order valence-corrected chi connectivity index (χ3v) is 4.39. The van der Waals surface area contributed by atoms with E-state index in [0.717, 1.165) is 23.4 Å². The van der Waals surface area contributed by atoms with Gasteiger partial charge in [0.1, 0.15) is 5.75 Å². The Labute approximate surface area is 117 Å². The molecular weight excluding hydrogens is 252 g/mol. The Morgan fingerprint density at radius 1 is 1.30 bits per heavy atom. The zero-order valence-corrected chi connectivity index (χ0v) is 11.6. The number of hydrogen-bond acceptors (Lipinski definition) is 2. The lowest BCUT2D eigenvalue weighted by atomic mass is 9.94. The Kier molecular flexibility index (Phi) is 2.25. The lowest BCUT2D eigenvalue weighted by molar-refractivity contribution is -0.117. The van der Waals surface area contributed by atoms with Gasteiger partial charge >= 0.3 is 0 Å². The van der Waals surface area contributed by atoms with E-state index in [4.69, 9.17) is 4.74 Å². The lowest BCUT2D eigenvalue weighted by Gasteiger charge is -2.33. The molecule has 1 aromatic heterocycles. The van der Waals surface area contributed by atoms with E-state index in [2.05, 4.69) is 29.9 Å². The van der Waals surface area contributed by atoms with Crippen LogP contribution in [0.1, 0.15) is 24.4 Å². The summed E-state index contributed by atoms with van der Waals surface area (Å²) in [4.78, 5) is 14.2. The second-order valence-corrected chi connectivity index (χ2v) is 5.43. The minimum absolute atomic E-state index is 0.179. The van der Waals surface area contributed by atoms with Gasteiger partial charge in [0.25, 0.3) is 0 Å². The van der Waals surface area contributed by atoms with Gasteiger partial charge in [-0.3, -0.25) is 4.79 Å². The van der Waals surface area contributed by atoms with Crippen LogP contribution in [-0.4, -0.2) is 17.6 Å². The first-order valence-electron chi connectivity index (χ1n) is 6.86. The summed E-state index contributed by atoms with van der Waals surface area (Å²) in [6.45, 7) is 0. The number of aryl methyl sites for hydroxylation is 1. The van der Waals surface area contributed by atoms with E-state index in [9.17, 15) is 4.79 Å². The van der Waals surface area contributed by atoms with Crippen molar-refractivity contribution < 1.29 is 9.53 Å². The fourth-order valence-electron chi connectivity index (χ4n) is 3.48. The highest BCUT2D eigenvalue weighted by atomic mass is 16.5. The number of amides is 1. The van der Waals surface area contributed by atoms with Crippen LogP contribution < -0.4 is 9.64 Å². The smallest absolute Gasteiger partial charge is 0.227 e. The van der Waals surface area contributed by atoms with Crippen molar-refractivity contribution in [3.05, 3.63) is 36.0 Å². The maximum Gasteiger partial charge on any atom is 0.227 e. The number of methoxy groups -OCH3 is 1. The number of aromatic nitrogens is 1. The van der Waals surface area contributed by atoms with E-state index in [1.165, 1.54) is 11.3 Å². The van der Waals surface area contributed by atoms with Gasteiger partial charge < -0.3 is 14.2 Å². The molecule has 1 atom stereocenters. The van der Waals surface area contributed by atoms with Crippen LogP contribution in [0.5, 0.6) is 5.75 Å². The lowest BCUT2D eigenvalue weighted by Crippen LogP contribution is -2.30. The van der Waals surface area contributed by atoms with Gasteiger partial charge in [-0.2, -0.15) is 0 Å². The Morgan fingerprint density at radius 2 is 2.15 bits per heavy atom. The first-order chi connectivity index (χ1) is 9.70. The number of fused-ring (bicyclic) bond motifs is 6. The van der Waals surface area contributed by atoms with Gasteiger partial charge in [-0.05, 0) is 24.6 Å². The topological polar surface area (TPSA) is 34.5 Å². The van der Waals surface area contributed by atoms with Crippen molar-refractivity contribution in [1.29, 1.82) is 0 Å². The molecule has 1 saturated heterocycles. The van der Waals surface area contributed by atoms with Crippen molar-refractivity contribution in [3.63, 3.8) is 0 Å². The van der Waals surface area contributed by atoms with E-state index in [1.54, 1.807) is 7.11 Å². The molecule has 4 rings (SSSR count). The van der Waals surface area contributed by atoms with Crippen LogP contribution >= 0.6 is 0 Å². The molecule has 3 heterocycles. The zero-order valence-electron chi connectivity index (χ0n) is 11.6. The molecule has 2 aromatic rings. The molecule has 1 fully saturated rings. The number of anilines is 1. The van der Waals surface area contributed by atoms with Crippen LogP contribution in [0.3, 0.4) is 0 Å². The normalized spacial score (nSPS) is 19.6. The van der Waals surface area contributed by atoms with Gasteiger partial charge in [-0.1, -0.05) is 0 Å². The van der Waals surface area contributed by atoms with Crippen molar-refractivity contribution in [2.24, 2.45) is 7.05 Å². The van der Waals surface area contributed by atoms with E-state index >= 15 is 0 Å². The second kappa shape index (κ2) is 3.88. The molecular formula is C16H16N2O2. The molecule has 0 spiro atoms. The maximum absolute atomic E-state index is 12.3. The predicted molar refractivity (Wildman–Crippen MR) is 76.9 cm³/mol. The van der Waals surface area contributed by atoms with Crippen molar-refractivity contribution in [3.8, 4) is 17.0 Å². The summed E-state index contributed by atoms with van der Waals surface area (Å²) in [5, 5.41) is 0. The number of carbonyl (C=O) groups is 1.